The van der Waals surface area contributed by atoms with Crippen LogP contribution < -0.4 is 21.5 Å². The number of hydrogen-bond acceptors (Lipinski definition) is 10. The molecule has 0 aliphatic carbocycles. The van der Waals surface area contributed by atoms with Crippen LogP contribution in [0.1, 0.15) is 5.56 Å². The van der Waals surface area contributed by atoms with Gasteiger partial charge in [0, 0.05) is 12.7 Å². The predicted molar refractivity (Wildman–Crippen MR) is 123 cm³/mol. The van der Waals surface area contributed by atoms with E-state index in [4.69, 9.17) is 10.9 Å². The first kappa shape index (κ1) is 23.6. The zero-order valence-electron chi connectivity index (χ0n) is 17.2. The molecule has 0 unspecified atom stereocenters. The van der Waals surface area contributed by atoms with Crippen molar-refractivity contribution < 1.29 is 21.6 Å². The van der Waals surface area contributed by atoms with Crippen LogP contribution in [0.3, 0.4) is 0 Å². The average Bonchev–Trinajstić information content (AvgIpc) is 3.21. The van der Waals surface area contributed by atoms with Crippen molar-refractivity contribution in [3.63, 3.8) is 0 Å². The minimum atomic E-state index is -4.47. The standard InChI is InChI=1S/C19H17F3N8O2S2/c20-19(21,22)9-27-16-15-13(6-5-12(28-15)14-8-25-17(23)33-14)29-18(30-16)26-7-10-1-3-11(4-2-10)34(24,31)32/h1-6,8H,7,9H2,(H2,23,25)(H2,24,31,32)(H2,26,27,29,30). The van der Waals surface area contributed by atoms with Gasteiger partial charge in [-0.3, -0.25) is 0 Å². The molecule has 0 aliphatic heterocycles. The number of primary sulfonamides is 1. The van der Waals surface area contributed by atoms with Gasteiger partial charge >= 0.3 is 6.18 Å². The number of sulfonamides is 1. The molecular weight excluding hydrogens is 493 g/mol. The summed E-state index contributed by atoms with van der Waals surface area (Å²) >= 11 is 1.19. The first-order valence-corrected chi connectivity index (χ1v) is 11.9. The number of anilines is 3. The van der Waals surface area contributed by atoms with E-state index in [1.807, 2.05) is 0 Å². The van der Waals surface area contributed by atoms with Gasteiger partial charge < -0.3 is 16.4 Å². The van der Waals surface area contributed by atoms with Crippen LogP contribution in [-0.2, 0) is 16.6 Å². The molecule has 3 heterocycles. The van der Waals surface area contributed by atoms with Gasteiger partial charge in [0.25, 0.3) is 0 Å². The minimum absolute atomic E-state index is 0.0404. The van der Waals surface area contributed by atoms with Gasteiger partial charge in [-0.15, -0.1) is 0 Å². The van der Waals surface area contributed by atoms with E-state index in [0.717, 1.165) is 0 Å². The van der Waals surface area contributed by atoms with Crippen LogP contribution in [0.5, 0.6) is 0 Å². The Kier molecular flexibility index (Phi) is 6.24. The van der Waals surface area contributed by atoms with Crippen LogP contribution in [-0.4, -0.2) is 41.1 Å². The Morgan fingerprint density at radius 2 is 1.74 bits per heavy atom. The number of halogens is 3. The smallest absolute Gasteiger partial charge is 0.375 e. The third kappa shape index (κ3) is 5.67. The second kappa shape index (κ2) is 9.00. The number of rotatable bonds is 7. The van der Waals surface area contributed by atoms with Gasteiger partial charge in [-0.25, -0.2) is 28.5 Å². The first-order chi connectivity index (χ1) is 16.0. The molecule has 0 bridgehead atoms. The highest BCUT2D eigenvalue weighted by atomic mass is 32.2. The molecule has 34 heavy (non-hydrogen) atoms. The molecule has 0 saturated carbocycles. The largest absolute Gasteiger partial charge is 0.405 e. The number of alkyl halides is 3. The molecule has 0 amide bonds. The van der Waals surface area contributed by atoms with Gasteiger partial charge in [0.15, 0.2) is 10.9 Å². The lowest BCUT2D eigenvalue weighted by Gasteiger charge is -2.13. The number of aromatic nitrogens is 4. The lowest BCUT2D eigenvalue weighted by Crippen LogP contribution is -2.22. The van der Waals surface area contributed by atoms with Crippen molar-refractivity contribution in [2.24, 2.45) is 5.14 Å². The van der Waals surface area contributed by atoms with Crippen molar-refractivity contribution in [3.05, 3.63) is 48.2 Å². The maximum atomic E-state index is 12.9. The fourth-order valence-electron chi connectivity index (χ4n) is 2.92. The Morgan fingerprint density at radius 3 is 2.35 bits per heavy atom. The van der Waals surface area contributed by atoms with Gasteiger partial charge in [-0.2, -0.15) is 18.2 Å². The summed E-state index contributed by atoms with van der Waals surface area (Å²) in [5, 5.41) is 10.6. The number of nitrogens with zero attached hydrogens (tertiary/aromatic N) is 4. The second-order valence-corrected chi connectivity index (χ2v) is 9.66. The van der Waals surface area contributed by atoms with E-state index in [1.54, 1.807) is 24.3 Å². The van der Waals surface area contributed by atoms with Crippen molar-refractivity contribution in [2.45, 2.75) is 17.6 Å². The summed E-state index contributed by atoms with van der Waals surface area (Å²) in [6.45, 7) is -1.13. The molecule has 4 aromatic rings. The van der Waals surface area contributed by atoms with Crippen molar-refractivity contribution in [2.75, 3.05) is 22.9 Å². The Bertz CT molecular complexity index is 1440. The van der Waals surface area contributed by atoms with Crippen molar-refractivity contribution in [3.8, 4) is 10.6 Å². The van der Waals surface area contributed by atoms with Crippen LogP contribution >= 0.6 is 11.3 Å². The SMILES string of the molecule is Nc1ncc(-c2ccc3nc(NCc4ccc(S(N)(=O)=O)cc4)nc(NCC(F)(F)F)c3n2)s1. The summed E-state index contributed by atoms with van der Waals surface area (Å²) in [4.78, 5) is 17.5. The van der Waals surface area contributed by atoms with Crippen LogP contribution in [0.4, 0.5) is 30.1 Å². The maximum Gasteiger partial charge on any atom is 0.405 e. The van der Waals surface area contributed by atoms with E-state index in [1.165, 1.54) is 29.7 Å². The molecule has 0 saturated heterocycles. The van der Waals surface area contributed by atoms with Crippen LogP contribution in [0.15, 0.2) is 47.5 Å². The maximum absolute atomic E-state index is 12.9. The molecule has 10 nitrogen and oxygen atoms in total. The molecule has 6 N–H and O–H groups in total. The number of nitrogen functional groups attached to an aromatic ring is 1. The third-order valence-electron chi connectivity index (χ3n) is 4.48. The number of pyridine rings is 1. The fourth-order valence-corrected chi connectivity index (χ4v) is 4.09. The summed E-state index contributed by atoms with van der Waals surface area (Å²) in [6.07, 6.45) is -2.95. The topological polar surface area (TPSA) is 162 Å². The van der Waals surface area contributed by atoms with Crippen molar-refractivity contribution in [1.82, 2.24) is 19.9 Å². The molecule has 0 aliphatic rings. The molecule has 0 fully saturated rings. The monoisotopic (exact) mass is 510 g/mol. The highest BCUT2D eigenvalue weighted by Crippen LogP contribution is 2.30. The van der Waals surface area contributed by atoms with E-state index in [2.05, 4.69) is 30.6 Å². The minimum Gasteiger partial charge on any atom is -0.375 e. The summed E-state index contributed by atoms with van der Waals surface area (Å²) in [5.41, 5.74) is 7.27. The number of fused-ring (bicyclic) bond motifs is 1. The Hall–Kier alpha value is -3.56. The average molecular weight is 511 g/mol. The lowest BCUT2D eigenvalue weighted by molar-refractivity contribution is -0.115. The van der Waals surface area contributed by atoms with Gasteiger partial charge in [0.05, 0.1) is 21.0 Å². The number of nitrogens with two attached hydrogens (primary N) is 2. The van der Waals surface area contributed by atoms with Gasteiger partial charge in [0.2, 0.25) is 16.0 Å². The van der Waals surface area contributed by atoms with E-state index in [-0.39, 0.29) is 28.7 Å². The third-order valence-corrected chi connectivity index (χ3v) is 6.26. The second-order valence-electron chi connectivity index (χ2n) is 7.03. The number of benzene rings is 1. The normalized spacial score (nSPS) is 12.1. The number of nitrogens with one attached hydrogen (secondary N) is 2. The zero-order valence-corrected chi connectivity index (χ0v) is 18.8. The van der Waals surface area contributed by atoms with Crippen LogP contribution in [0, 0.1) is 0 Å². The number of thiazole rings is 1. The molecule has 178 valence electrons. The zero-order chi connectivity index (χ0) is 24.5. The van der Waals surface area contributed by atoms with Crippen LogP contribution in [0.2, 0.25) is 0 Å². The molecule has 0 atom stereocenters. The molecule has 4 rings (SSSR count). The fraction of sp³-hybridized carbons (Fsp3) is 0.158. The number of hydrogen-bond donors (Lipinski definition) is 4. The molecule has 3 aromatic heterocycles. The van der Waals surface area contributed by atoms with Crippen molar-refractivity contribution in [1.29, 1.82) is 0 Å². The molecule has 15 heteroatoms. The van der Waals surface area contributed by atoms with Gasteiger partial charge in [-0.1, -0.05) is 23.5 Å². The molecular formula is C19H17F3N8O2S2. The van der Waals surface area contributed by atoms with E-state index in [0.29, 0.717) is 26.8 Å². The molecule has 1 aromatic carbocycles. The summed E-state index contributed by atoms with van der Waals surface area (Å²) < 4.78 is 61.3. The highest BCUT2D eigenvalue weighted by molar-refractivity contribution is 7.89. The van der Waals surface area contributed by atoms with Gasteiger partial charge in [-0.05, 0) is 29.8 Å². The first-order valence-electron chi connectivity index (χ1n) is 9.55. The summed E-state index contributed by atoms with van der Waals surface area (Å²) in [7, 11) is -3.82. The quantitative estimate of drug-likeness (QED) is 0.293. The Morgan fingerprint density at radius 1 is 1.00 bits per heavy atom. The highest BCUT2D eigenvalue weighted by Gasteiger charge is 2.27. The Balaban J connectivity index is 1.64. The molecule has 0 spiro atoms. The van der Waals surface area contributed by atoms with Gasteiger partial charge in [0.1, 0.15) is 12.1 Å². The van der Waals surface area contributed by atoms with Crippen LogP contribution in [0.25, 0.3) is 21.6 Å². The summed E-state index contributed by atoms with van der Waals surface area (Å²) in [6, 6.07) is 9.06. The van der Waals surface area contributed by atoms with E-state index < -0.39 is 22.7 Å². The predicted octanol–water partition coefficient (Wildman–Crippen LogP) is 2.96. The van der Waals surface area contributed by atoms with E-state index >= 15 is 0 Å². The van der Waals surface area contributed by atoms with Crippen molar-refractivity contribution >= 4 is 49.3 Å². The van der Waals surface area contributed by atoms with E-state index in [9.17, 15) is 21.6 Å². The lowest BCUT2D eigenvalue weighted by atomic mass is 10.2. The Labute approximate surface area is 195 Å². The molecule has 0 radical (unpaired) electrons. The summed E-state index contributed by atoms with van der Waals surface area (Å²) in [5.74, 6) is -0.0435.